The Morgan fingerprint density at radius 1 is 1.08 bits per heavy atom. The van der Waals surface area contributed by atoms with Gasteiger partial charge in [0.15, 0.2) is 4.80 Å². The first-order valence-corrected chi connectivity index (χ1v) is 13.5. The number of thiazole rings is 1. The van der Waals surface area contributed by atoms with Crippen LogP contribution < -0.4 is 19.6 Å². The summed E-state index contributed by atoms with van der Waals surface area (Å²) in [7, 11) is 0. The lowest BCUT2D eigenvalue weighted by Gasteiger charge is -2.30. The zero-order valence-corrected chi connectivity index (χ0v) is 21.9. The molecule has 3 aromatic carbocycles. The summed E-state index contributed by atoms with van der Waals surface area (Å²) < 4.78 is 9.23. The summed E-state index contributed by atoms with van der Waals surface area (Å²) in [5.41, 5.74) is 6.68. The fraction of sp³-hybridized carbons (Fsp3) is 0.133. The number of allylic oxidation sites excluding steroid dienone is 1. The molecule has 178 valence electrons. The van der Waals surface area contributed by atoms with Gasteiger partial charge in [-0.3, -0.25) is 9.36 Å². The second-order valence-electron chi connectivity index (χ2n) is 8.84. The first-order chi connectivity index (χ1) is 17.6. The summed E-state index contributed by atoms with van der Waals surface area (Å²) in [6, 6.07) is 24.3. The fourth-order valence-corrected chi connectivity index (χ4v) is 6.23. The maximum Gasteiger partial charge on any atom is 0.271 e. The summed E-state index contributed by atoms with van der Waals surface area (Å²) in [5, 5.41) is 0. The summed E-state index contributed by atoms with van der Waals surface area (Å²) in [5.74, 6) is 0.747. The van der Waals surface area contributed by atoms with Gasteiger partial charge >= 0.3 is 0 Å². The molecule has 1 atom stereocenters. The fourth-order valence-electron chi connectivity index (χ4n) is 4.97. The Balaban J connectivity index is 1.55. The molecule has 36 heavy (non-hydrogen) atoms. The maximum absolute atomic E-state index is 13.9. The van der Waals surface area contributed by atoms with Crippen LogP contribution >= 0.6 is 27.3 Å². The van der Waals surface area contributed by atoms with Crippen LogP contribution in [0, 0.1) is 0 Å². The third-order valence-corrected chi connectivity index (χ3v) is 8.09. The van der Waals surface area contributed by atoms with E-state index in [9.17, 15) is 4.79 Å². The first-order valence-electron chi connectivity index (χ1n) is 11.8. The van der Waals surface area contributed by atoms with Crippen molar-refractivity contribution in [2.45, 2.75) is 18.9 Å². The molecular weight excluding hydrogens is 532 g/mol. The van der Waals surface area contributed by atoms with Gasteiger partial charge in [0.05, 0.1) is 16.3 Å². The highest BCUT2D eigenvalue weighted by Crippen LogP contribution is 2.41. The first kappa shape index (κ1) is 23.0. The van der Waals surface area contributed by atoms with Crippen LogP contribution in [0.5, 0.6) is 5.75 Å². The molecule has 0 saturated carbocycles. The standard InChI is InChI=1S/C30H23BrN2O2S/c1-2-16-35-23-8-5-6-19(17-23)18-26-29(34)33-28(21-10-13-22(31)14-11-21)25-15-12-20-7-3-4-9-24(20)27(25)32-30(33)36-26/h2-11,13-14,17-18,28H,1,12,15-16H2/b26-18+/t28-/m1/s1. The second kappa shape index (κ2) is 9.52. The van der Waals surface area contributed by atoms with Gasteiger partial charge in [-0.25, -0.2) is 4.99 Å². The minimum atomic E-state index is -0.179. The molecule has 1 aliphatic heterocycles. The average Bonchev–Trinajstić information content (AvgIpc) is 3.21. The quantitative estimate of drug-likeness (QED) is 0.299. The van der Waals surface area contributed by atoms with E-state index < -0.39 is 0 Å². The lowest BCUT2D eigenvalue weighted by Crippen LogP contribution is -2.38. The largest absolute Gasteiger partial charge is 0.490 e. The Hall–Kier alpha value is -3.48. The van der Waals surface area contributed by atoms with Crippen molar-refractivity contribution in [1.29, 1.82) is 0 Å². The zero-order valence-electron chi connectivity index (χ0n) is 19.5. The molecule has 0 saturated heterocycles. The molecule has 4 nitrogen and oxygen atoms in total. The Kier molecular flexibility index (Phi) is 6.07. The van der Waals surface area contributed by atoms with Gasteiger partial charge < -0.3 is 4.74 Å². The van der Waals surface area contributed by atoms with Crippen LogP contribution in [0.3, 0.4) is 0 Å². The van der Waals surface area contributed by atoms with E-state index in [1.54, 1.807) is 6.08 Å². The molecule has 0 unspecified atom stereocenters. The van der Waals surface area contributed by atoms with Gasteiger partial charge in [-0.2, -0.15) is 0 Å². The maximum atomic E-state index is 13.9. The van der Waals surface area contributed by atoms with E-state index in [-0.39, 0.29) is 11.6 Å². The molecule has 0 spiro atoms. The van der Waals surface area contributed by atoms with Crippen molar-refractivity contribution in [3.8, 4) is 5.75 Å². The van der Waals surface area contributed by atoms with E-state index in [0.717, 1.165) is 44.7 Å². The van der Waals surface area contributed by atoms with Crippen molar-refractivity contribution in [3.05, 3.63) is 137 Å². The van der Waals surface area contributed by atoms with Gasteiger partial charge in [-0.05, 0) is 65.4 Å². The highest BCUT2D eigenvalue weighted by molar-refractivity contribution is 9.10. The molecule has 0 radical (unpaired) electrons. The molecule has 1 aliphatic carbocycles. The summed E-state index contributed by atoms with van der Waals surface area (Å²) in [4.78, 5) is 19.7. The van der Waals surface area contributed by atoms with Crippen LogP contribution in [-0.2, 0) is 6.42 Å². The number of ether oxygens (including phenoxy) is 1. The number of rotatable bonds is 5. The average molecular weight is 555 g/mol. The summed E-state index contributed by atoms with van der Waals surface area (Å²) in [6.07, 6.45) is 5.47. The van der Waals surface area contributed by atoms with Gasteiger partial charge in [-0.15, -0.1) is 0 Å². The second-order valence-corrected chi connectivity index (χ2v) is 10.8. The van der Waals surface area contributed by atoms with Gasteiger partial charge in [0, 0.05) is 10.0 Å². The minimum absolute atomic E-state index is 0.0190. The minimum Gasteiger partial charge on any atom is -0.490 e. The highest BCUT2D eigenvalue weighted by Gasteiger charge is 2.32. The van der Waals surface area contributed by atoms with Crippen LogP contribution in [-0.4, -0.2) is 11.2 Å². The molecule has 2 heterocycles. The predicted molar refractivity (Wildman–Crippen MR) is 149 cm³/mol. The van der Waals surface area contributed by atoms with E-state index >= 15 is 0 Å². The van der Waals surface area contributed by atoms with Gasteiger partial charge in [-0.1, -0.05) is 88.5 Å². The van der Waals surface area contributed by atoms with Gasteiger partial charge in [0.1, 0.15) is 12.4 Å². The monoisotopic (exact) mass is 554 g/mol. The van der Waals surface area contributed by atoms with Crippen molar-refractivity contribution >= 4 is 39.0 Å². The Morgan fingerprint density at radius 2 is 1.92 bits per heavy atom. The van der Waals surface area contributed by atoms with Crippen LogP contribution in [0.4, 0.5) is 0 Å². The Bertz CT molecular complexity index is 1700. The number of aryl methyl sites for hydroxylation is 1. The molecule has 4 aromatic rings. The molecule has 0 bridgehead atoms. The molecule has 6 rings (SSSR count). The number of benzene rings is 3. The predicted octanol–water partition coefficient (Wildman–Crippen LogP) is 5.65. The van der Waals surface area contributed by atoms with Crippen molar-refractivity contribution in [1.82, 2.24) is 4.57 Å². The number of fused-ring (bicyclic) bond motifs is 3. The number of nitrogens with zero attached hydrogens (tertiary/aromatic N) is 2. The summed E-state index contributed by atoms with van der Waals surface area (Å²) >= 11 is 4.99. The molecule has 6 heteroatoms. The third kappa shape index (κ3) is 4.10. The van der Waals surface area contributed by atoms with E-state index in [1.165, 1.54) is 28.0 Å². The van der Waals surface area contributed by atoms with Crippen molar-refractivity contribution in [2.24, 2.45) is 4.99 Å². The van der Waals surface area contributed by atoms with Crippen molar-refractivity contribution < 1.29 is 4.74 Å². The molecule has 2 aliphatic rings. The molecule has 0 N–H and O–H groups in total. The van der Waals surface area contributed by atoms with Crippen molar-refractivity contribution in [3.63, 3.8) is 0 Å². The van der Waals surface area contributed by atoms with Crippen LogP contribution in [0.25, 0.3) is 11.8 Å². The van der Waals surface area contributed by atoms with E-state index in [4.69, 9.17) is 9.73 Å². The summed E-state index contributed by atoms with van der Waals surface area (Å²) in [6.45, 7) is 4.14. The lowest BCUT2D eigenvalue weighted by atomic mass is 9.83. The number of hydrogen-bond acceptors (Lipinski definition) is 4. The van der Waals surface area contributed by atoms with Crippen LogP contribution in [0.15, 0.2) is 105 Å². The van der Waals surface area contributed by atoms with E-state index in [2.05, 4.69) is 58.9 Å². The SMILES string of the molecule is C=CCOc1cccc(/C=c2/sc3n(c2=O)[C@H](c2ccc(Br)cc2)C2=C(N=3)c3ccccc3CC2)c1. The topological polar surface area (TPSA) is 43.6 Å². The normalized spacial score (nSPS) is 16.6. The smallest absolute Gasteiger partial charge is 0.271 e. The van der Waals surface area contributed by atoms with E-state index in [1.807, 2.05) is 47.0 Å². The lowest BCUT2D eigenvalue weighted by molar-refractivity contribution is 0.363. The molecule has 0 amide bonds. The molecule has 1 aromatic heterocycles. The number of hydrogen-bond donors (Lipinski definition) is 0. The Morgan fingerprint density at radius 3 is 2.75 bits per heavy atom. The molecule has 0 fully saturated rings. The van der Waals surface area contributed by atoms with Gasteiger partial charge in [0.2, 0.25) is 0 Å². The van der Waals surface area contributed by atoms with Crippen LogP contribution in [0.2, 0.25) is 0 Å². The van der Waals surface area contributed by atoms with Gasteiger partial charge in [0.25, 0.3) is 5.56 Å². The number of aromatic nitrogens is 1. The highest BCUT2D eigenvalue weighted by atomic mass is 79.9. The van der Waals surface area contributed by atoms with Crippen LogP contribution in [0.1, 0.15) is 34.7 Å². The van der Waals surface area contributed by atoms with E-state index in [0.29, 0.717) is 11.1 Å². The Labute approximate surface area is 221 Å². The number of halogens is 1. The van der Waals surface area contributed by atoms with Crippen molar-refractivity contribution in [2.75, 3.05) is 6.61 Å². The zero-order chi connectivity index (χ0) is 24.6. The third-order valence-electron chi connectivity index (χ3n) is 6.58. The molecular formula is C30H23BrN2O2S.